The monoisotopic (exact) mass is 341 g/mol. The van der Waals surface area contributed by atoms with Gasteiger partial charge in [0, 0.05) is 23.1 Å². The smallest absolute Gasteiger partial charge is 0.305 e. The van der Waals surface area contributed by atoms with Gasteiger partial charge in [-0.25, -0.2) is 0 Å². The van der Waals surface area contributed by atoms with Crippen molar-refractivity contribution in [2.75, 3.05) is 19.8 Å². The minimum atomic E-state index is -0.767. The number of benzene rings is 1. The summed E-state index contributed by atoms with van der Waals surface area (Å²) in [5, 5.41) is 9.06. The quantitative estimate of drug-likeness (QED) is 0.894. The van der Waals surface area contributed by atoms with Crippen LogP contribution in [0.4, 0.5) is 0 Å². The molecule has 0 amide bonds. The molecule has 5 heteroatoms. The molecule has 1 N–H and O–H groups in total. The number of nitrogens with zero attached hydrogens (tertiary/aromatic N) is 1. The van der Waals surface area contributed by atoms with Gasteiger partial charge in [0.1, 0.15) is 0 Å². The molecular formula is C15H20BrNO3. The molecular weight excluding hydrogens is 322 g/mol. The van der Waals surface area contributed by atoms with Crippen LogP contribution in [0.5, 0.6) is 0 Å². The van der Waals surface area contributed by atoms with Gasteiger partial charge in [-0.2, -0.15) is 0 Å². The van der Waals surface area contributed by atoms with Crippen LogP contribution in [0.15, 0.2) is 28.7 Å². The molecule has 2 unspecified atom stereocenters. The van der Waals surface area contributed by atoms with E-state index in [9.17, 15) is 4.79 Å². The van der Waals surface area contributed by atoms with Crippen LogP contribution in [0, 0.1) is 0 Å². The van der Waals surface area contributed by atoms with Gasteiger partial charge in [-0.3, -0.25) is 9.69 Å². The van der Waals surface area contributed by atoms with Crippen molar-refractivity contribution in [1.82, 2.24) is 4.90 Å². The first-order valence-corrected chi connectivity index (χ1v) is 7.72. The van der Waals surface area contributed by atoms with E-state index in [1.54, 1.807) is 0 Å². The fourth-order valence-corrected chi connectivity index (χ4v) is 3.07. The molecule has 0 radical (unpaired) electrons. The van der Waals surface area contributed by atoms with Crippen molar-refractivity contribution in [3.63, 3.8) is 0 Å². The van der Waals surface area contributed by atoms with Crippen LogP contribution in [-0.4, -0.2) is 41.8 Å². The van der Waals surface area contributed by atoms with Crippen molar-refractivity contribution in [3.05, 3.63) is 34.3 Å². The van der Waals surface area contributed by atoms with Crippen LogP contribution in [0.25, 0.3) is 0 Å². The van der Waals surface area contributed by atoms with E-state index in [0.717, 1.165) is 17.4 Å². The Morgan fingerprint density at radius 3 is 2.80 bits per heavy atom. The Hall–Kier alpha value is -0.910. The third kappa shape index (κ3) is 3.81. The SMILES string of the molecule is CCC(c1ccc(Br)cc1)N1CCOCC1CC(=O)O. The average Bonchev–Trinajstić information content (AvgIpc) is 2.43. The zero-order valence-electron chi connectivity index (χ0n) is 11.6. The fourth-order valence-electron chi connectivity index (χ4n) is 2.80. The number of ether oxygens (including phenoxy) is 1. The third-order valence-electron chi connectivity index (χ3n) is 3.73. The summed E-state index contributed by atoms with van der Waals surface area (Å²) < 4.78 is 6.51. The maximum Gasteiger partial charge on any atom is 0.305 e. The lowest BCUT2D eigenvalue weighted by Crippen LogP contribution is -2.48. The number of carbonyl (C=O) groups is 1. The molecule has 1 aliphatic rings. The van der Waals surface area contributed by atoms with Crippen molar-refractivity contribution < 1.29 is 14.6 Å². The number of rotatable bonds is 5. The second kappa shape index (κ2) is 7.20. The Morgan fingerprint density at radius 1 is 1.50 bits per heavy atom. The molecule has 0 bridgehead atoms. The van der Waals surface area contributed by atoms with Gasteiger partial charge in [0.2, 0.25) is 0 Å². The summed E-state index contributed by atoms with van der Waals surface area (Å²) in [6.45, 7) is 4.09. The number of morpholine rings is 1. The van der Waals surface area contributed by atoms with Crippen molar-refractivity contribution in [2.45, 2.75) is 31.8 Å². The third-order valence-corrected chi connectivity index (χ3v) is 4.25. The normalized spacial score (nSPS) is 21.6. The number of aliphatic carboxylic acids is 1. The van der Waals surface area contributed by atoms with E-state index in [1.807, 2.05) is 12.1 Å². The number of halogens is 1. The van der Waals surface area contributed by atoms with Gasteiger partial charge in [0.05, 0.1) is 19.6 Å². The molecule has 1 aromatic carbocycles. The van der Waals surface area contributed by atoms with Gasteiger partial charge >= 0.3 is 5.97 Å². The molecule has 2 rings (SSSR count). The zero-order chi connectivity index (χ0) is 14.5. The second-order valence-corrected chi connectivity index (χ2v) is 5.96. The average molecular weight is 342 g/mol. The van der Waals surface area contributed by atoms with Crippen LogP contribution in [0.3, 0.4) is 0 Å². The van der Waals surface area contributed by atoms with Crippen LogP contribution in [-0.2, 0) is 9.53 Å². The summed E-state index contributed by atoms with van der Waals surface area (Å²) in [4.78, 5) is 13.3. The van der Waals surface area contributed by atoms with E-state index in [-0.39, 0.29) is 18.5 Å². The lowest BCUT2D eigenvalue weighted by molar-refractivity contribution is -0.141. The predicted octanol–water partition coefficient (Wildman–Crippen LogP) is 3.08. The van der Waals surface area contributed by atoms with Crippen LogP contribution in [0.1, 0.15) is 31.4 Å². The molecule has 1 aromatic rings. The highest BCUT2D eigenvalue weighted by Gasteiger charge is 2.30. The first-order chi connectivity index (χ1) is 9.61. The molecule has 0 saturated carbocycles. The van der Waals surface area contributed by atoms with Gasteiger partial charge < -0.3 is 9.84 Å². The largest absolute Gasteiger partial charge is 0.481 e. The first kappa shape index (κ1) is 15.5. The van der Waals surface area contributed by atoms with Gasteiger partial charge in [-0.15, -0.1) is 0 Å². The van der Waals surface area contributed by atoms with Crippen molar-refractivity contribution in [2.24, 2.45) is 0 Å². The van der Waals surface area contributed by atoms with E-state index < -0.39 is 5.97 Å². The lowest BCUT2D eigenvalue weighted by Gasteiger charge is -2.40. The van der Waals surface area contributed by atoms with E-state index >= 15 is 0 Å². The highest BCUT2D eigenvalue weighted by molar-refractivity contribution is 9.10. The minimum absolute atomic E-state index is 0.0464. The van der Waals surface area contributed by atoms with Crippen LogP contribution < -0.4 is 0 Å². The fraction of sp³-hybridized carbons (Fsp3) is 0.533. The standard InChI is InChI=1S/C15H20BrNO3/c1-2-14(11-3-5-12(16)6-4-11)17-7-8-20-10-13(17)9-15(18)19/h3-6,13-14H,2,7-10H2,1H3,(H,18,19). The number of carboxylic acids is 1. The second-order valence-electron chi connectivity index (χ2n) is 5.04. The van der Waals surface area contributed by atoms with Gasteiger partial charge in [-0.1, -0.05) is 35.0 Å². The molecule has 1 aliphatic heterocycles. The first-order valence-electron chi connectivity index (χ1n) is 6.92. The maximum absolute atomic E-state index is 11.0. The topological polar surface area (TPSA) is 49.8 Å². The molecule has 1 saturated heterocycles. The van der Waals surface area contributed by atoms with E-state index in [4.69, 9.17) is 9.84 Å². The summed E-state index contributed by atoms with van der Waals surface area (Å²) >= 11 is 3.45. The Balaban J connectivity index is 2.19. The van der Waals surface area contributed by atoms with E-state index in [0.29, 0.717) is 13.2 Å². The van der Waals surface area contributed by atoms with Crippen molar-refractivity contribution in [3.8, 4) is 0 Å². The molecule has 0 spiro atoms. The Kier molecular flexibility index (Phi) is 5.57. The molecule has 1 fully saturated rings. The summed E-state index contributed by atoms with van der Waals surface area (Å²) in [5.41, 5.74) is 1.23. The molecule has 4 nitrogen and oxygen atoms in total. The highest BCUT2D eigenvalue weighted by Crippen LogP contribution is 2.29. The number of hydrogen-bond donors (Lipinski definition) is 1. The number of hydrogen-bond acceptors (Lipinski definition) is 3. The van der Waals surface area contributed by atoms with Gasteiger partial charge in [0.25, 0.3) is 0 Å². The lowest BCUT2D eigenvalue weighted by atomic mass is 9.99. The van der Waals surface area contributed by atoms with Crippen molar-refractivity contribution >= 4 is 21.9 Å². The molecule has 0 aromatic heterocycles. The molecule has 2 atom stereocenters. The summed E-state index contributed by atoms with van der Waals surface area (Å²) in [5.74, 6) is -0.767. The minimum Gasteiger partial charge on any atom is -0.481 e. The van der Waals surface area contributed by atoms with E-state index in [1.165, 1.54) is 5.56 Å². The van der Waals surface area contributed by atoms with Crippen LogP contribution >= 0.6 is 15.9 Å². The van der Waals surface area contributed by atoms with Gasteiger partial charge in [-0.05, 0) is 24.1 Å². The Morgan fingerprint density at radius 2 is 2.20 bits per heavy atom. The molecule has 0 aliphatic carbocycles. The van der Waals surface area contributed by atoms with E-state index in [2.05, 4.69) is 39.9 Å². The van der Waals surface area contributed by atoms with Crippen molar-refractivity contribution in [1.29, 1.82) is 0 Å². The molecule has 1 heterocycles. The number of carboxylic acid groups (broad SMARTS) is 1. The Bertz CT molecular complexity index is 449. The molecule has 20 heavy (non-hydrogen) atoms. The summed E-state index contributed by atoms with van der Waals surface area (Å²) in [6, 6.07) is 8.47. The molecule has 110 valence electrons. The maximum atomic E-state index is 11.0. The highest BCUT2D eigenvalue weighted by atomic mass is 79.9. The Labute approximate surface area is 127 Å². The van der Waals surface area contributed by atoms with Crippen LogP contribution in [0.2, 0.25) is 0 Å². The summed E-state index contributed by atoms with van der Waals surface area (Å²) in [7, 11) is 0. The predicted molar refractivity (Wildman–Crippen MR) is 80.7 cm³/mol. The zero-order valence-corrected chi connectivity index (χ0v) is 13.2. The van der Waals surface area contributed by atoms with Gasteiger partial charge in [0.15, 0.2) is 0 Å². The summed E-state index contributed by atoms with van der Waals surface area (Å²) in [6.07, 6.45) is 1.09.